The van der Waals surface area contributed by atoms with Gasteiger partial charge in [0.05, 0.1) is 41.2 Å². The van der Waals surface area contributed by atoms with E-state index in [4.69, 9.17) is 23.4 Å². The van der Waals surface area contributed by atoms with E-state index in [1.165, 1.54) is 0 Å². The van der Waals surface area contributed by atoms with Crippen LogP contribution in [0.1, 0.15) is 53.8 Å². The summed E-state index contributed by atoms with van der Waals surface area (Å²) >= 11 is 0. The zero-order valence-corrected chi connectivity index (χ0v) is 24.4. The second-order valence-electron chi connectivity index (χ2n) is 10.2. The molecule has 3 aromatic rings. The second-order valence-corrected chi connectivity index (χ2v) is 10.2. The minimum Gasteiger partial charge on any atom is -0.497 e. The summed E-state index contributed by atoms with van der Waals surface area (Å²) in [6, 6.07) is 14.5. The molecule has 2 amide bonds. The van der Waals surface area contributed by atoms with Crippen molar-refractivity contribution in [3.8, 4) is 23.0 Å². The van der Waals surface area contributed by atoms with Gasteiger partial charge in [-0.1, -0.05) is 25.3 Å². The van der Waals surface area contributed by atoms with E-state index < -0.39 is 0 Å². The van der Waals surface area contributed by atoms with Gasteiger partial charge in [-0.25, -0.2) is 0 Å². The SMILES string of the molecule is COc1cc(OC)cc(C(=O)N(CC(=O)N(CCc2ccc(OC)c(OC)c2)Cc2ccco2)C2CCCCC2)c1. The van der Waals surface area contributed by atoms with E-state index in [0.717, 1.165) is 37.7 Å². The van der Waals surface area contributed by atoms with Crippen LogP contribution in [0.4, 0.5) is 0 Å². The molecule has 9 heteroatoms. The zero-order chi connectivity index (χ0) is 29.2. The summed E-state index contributed by atoms with van der Waals surface area (Å²) in [7, 11) is 6.30. The molecule has 0 N–H and O–H groups in total. The highest BCUT2D eigenvalue weighted by molar-refractivity contribution is 5.97. The number of ether oxygens (including phenoxy) is 4. The van der Waals surface area contributed by atoms with E-state index in [0.29, 0.717) is 53.8 Å². The molecular weight excluding hydrogens is 524 g/mol. The molecule has 0 saturated heterocycles. The number of benzene rings is 2. The van der Waals surface area contributed by atoms with E-state index in [2.05, 4.69) is 0 Å². The van der Waals surface area contributed by atoms with Crippen LogP contribution in [-0.4, -0.2) is 69.2 Å². The van der Waals surface area contributed by atoms with Crippen molar-refractivity contribution in [1.29, 1.82) is 0 Å². The third-order valence-electron chi connectivity index (χ3n) is 7.58. The second kappa shape index (κ2) is 14.5. The largest absolute Gasteiger partial charge is 0.497 e. The Labute approximate surface area is 241 Å². The molecule has 220 valence electrons. The average Bonchev–Trinajstić information content (AvgIpc) is 3.54. The Morgan fingerprint density at radius 1 is 0.854 bits per heavy atom. The van der Waals surface area contributed by atoms with Crippen molar-refractivity contribution in [3.05, 3.63) is 71.7 Å². The van der Waals surface area contributed by atoms with Crippen LogP contribution in [-0.2, 0) is 17.8 Å². The fourth-order valence-electron chi connectivity index (χ4n) is 5.28. The standard InChI is InChI=1S/C32H40N2O7/c1-37-27-18-24(19-28(20-27)38-2)32(36)34(25-9-6-5-7-10-25)22-31(35)33(21-26-11-8-16-41-26)15-14-23-12-13-29(39-3)30(17-23)40-4/h8,11-13,16-20,25H,5-7,9-10,14-15,21-22H2,1-4H3. The van der Waals surface area contributed by atoms with Crippen molar-refractivity contribution in [2.45, 2.75) is 51.1 Å². The summed E-state index contributed by atoms with van der Waals surface area (Å²) in [5, 5.41) is 0. The van der Waals surface area contributed by atoms with Gasteiger partial charge < -0.3 is 33.2 Å². The maximum Gasteiger partial charge on any atom is 0.254 e. The lowest BCUT2D eigenvalue weighted by molar-refractivity contribution is -0.133. The van der Waals surface area contributed by atoms with Crippen LogP contribution in [0.2, 0.25) is 0 Å². The minimum absolute atomic E-state index is 0.0197. The van der Waals surface area contributed by atoms with Gasteiger partial charge in [0.2, 0.25) is 5.91 Å². The number of carbonyl (C=O) groups excluding carboxylic acids is 2. The van der Waals surface area contributed by atoms with Crippen LogP contribution in [0.25, 0.3) is 0 Å². The Morgan fingerprint density at radius 2 is 1.56 bits per heavy atom. The summed E-state index contributed by atoms with van der Waals surface area (Å²) in [5.74, 6) is 2.66. The first-order chi connectivity index (χ1) is 19.9. The van der Waals surface area contributed by atoms with Crippen molar-refractivity contribution in [3.63, 3.8) is 0 Å². The highest BCUT2D eigenvalue weighted by Crippen LogP contribution is 2.29. The molecule has 0 bridgehead atoms. The topological polar surface area (TPSA) is 90.7 Å². The Hall–Kier alpha value is -4.14. The minimum atomic E-state index is -0.208. The van der Waals surface area contributed by atoms with Gasteiger partial charge in [-0.15, -0.1) is 0 Å². The van der Waals surface area contributed by atoms with Crippen LogP contribution < -0.4 is 18.9 Å². The number of carbonyl (C=O) groups is 2. The zero-order valence-electron chi connectivity index (χ0n) is 24.4. The van der Waals surface area contributed by atoms with Gasteiger partial charge in [0, 0.05) is 24.2 Å². The Morgan fingerprint density at radius 3 is 2.17 bits per heavy atom. The summed E-state index contributed by atoms with van der Waals surface area (Å²) in [4.78, 5) is 31.4. The van der Waals surface area contributed by atoms with Crippen LogP contribution in [0, 0.1) is 0 Å². The highest BCUT2D eigenvalue weighted by Gasteiger charge is 2.30. The first-order valence-corrected chi connectivity index (χ1v) is 14.0. The Balaban J connectivity index is 1.58. The number of amides is 2. The van der Waals surface area contributed by atoms with E-state index >= 15 is 0 Å². The van der Waals surface area contributed by atoms with Crippen molar-refractivity contribution < 1.29 is 33.0 Å². The number of hydrogen-bond donors (Lipinski definition) is 0. The smallest absolute Gasteiger partial charge is 0.254 e. The third-order valence-corrected chi connectivity index (χ3v) is 7.58. The van der Waals surface area contributed by atoms with Crippen LogP contribution >= 0.6 is 0 Å². The Bertz CT molecular complexity index is 1260. The molecule has 1 aliphatic carbocycles. The molecule has 0 radical (unpaired) electrons. The van der Waals surface area contributed by atoms with Gasteiger partial charge in [0.25, 0.3) is 5.91 Å². The normalized spacial score (nSPS) is 13.4. The van der Waals surface area contributed by atoms with E-state index in [9.17, 15) is 9.59 Å². The van der Waals surface area contributed by atoms with Gasteiger partial charge in [0.15, 0.2) is 11.5 Å². The molecule has 0 atom stereocenters. The summed E-state index contributed by atoms with van der Waals surface area (Å²) in [5.41, 5.74) is 1.44. The van der Waals surface area contributed by atoms with Crippen molar-refractivity contribution in [2.24, 2.45) is 0 Å². The molecule has 1 aromatic heterocycles. The predicted octanol–water partition coefficient (Wildman–Crippen LogP) is 5.36. The lowest BCUT2D eigenvalue weighted by Gasteiger charge is -2.35. The maximum absolute atomic E-state index is 14.0. The lowest BCUT2D eigenvalue weighted by Crippen LogP contribution is -2.48. The molecule has 4 rings (SSSR count). The first kappa shape index (κ1) is 29.8. The van der Waals surface area contributed by atoms with E-state index in [1.807, 2.05) is 24.3 Å². The van der Waals surface area contributed by atoms with Crippen molar-refractivity contribution >= 4 is 11.8 Å². The van der Waals surface area contributed by atoms with Crippen LogP contribution in [0.15, 0.2) is 59.2 Å². The maximum atomic E-state index is 14.0. The molecule has 1 fully saturated rings. The highest BCUT2D eigenvalue weighted by atomic mass is 16.5. The van der Waals surface area contributed by atoms with Crippen LogP contribution in [0.3, 0.4) is 0 Å². The van der Waals surface area contributed by atoms with Crippen molar-refractivity contribution in [1.82, 2.24) is 9.80 Å². The fourth-order valence-corrected chi connectivity index (χ4v) is 5.28. The summed E-state index contributed by atoms with van der Waals surface area (Å²) < 4.78 is 27.2. The van der Waals surface area contributed by atoms with E-state index in [-0.39, 0.29) is 24.4 Å². The fraction of sp³-hybridized carbons (Fsp3) is 0.438. The predicted molar refractivity (Wildman–Crippen MR) is 155 cm³/mol. The monoisotopic (exact) mass is 564 g/mol. The molecular formula is C32H40N2O7. The molecule has 1 saturated carbocycles. The van der Waals surface area contributed by atoms with Gasteiger partial charge >= 0.3 is 0 Å². The lowest BCUT2D eigenvalue weighted by atomic mass is 9.93. The summed E-state index contributed by atoms with van der Waals surface area (Å²) in [6.07, 6.45) is 7.11. The molecule has 0 aliphatic heterocycles. The number of hydrogen-bond acceptors (Lipinski definition) is 7. The molecule has 41 heavy (non-hydrogen) atoms. The van der Waals surface area contributed by atoms with Crippen LogP contribution in [0.5, 0.6) is 23.0 Å². The molecule has 9 nitrogen and oxygen atoms in total. The van der Waals surface area contributed by atoms with Gasteiger partial charge in [-0.05, 0) is 61.2 Å². The Kier molecular flexibility index (Phi) is 10.5. The first-order valence-electron chi connectivity index (χ1n) is 14.0. The average molecular weight is 565 g/mol. The van der Waals surface area contributed by atoms with Gasteiger partial charge in [0.1, 0.15) is 23.8 Å². The van der Waals surface area contributed by atoms with Crippen molar-refractivity contribution in [2.75, 3.05) is 41.5 Å². The molecule has 1 aliphatic rings. The summed E-state index contributed by atoms with van der Waals surface area (Å²) in [6.45, 7) is 0.711. The van der Waals surface area contributed by atoms with E-state index in [1.54, 1.807) is 68.8 Å². The van der Waals surface area contributed by atoms with Gasteiger partial charge in [-0.3, -0.25) is 9.59 Å². The molecule has 2 aromatic carbocycles. The third kappa shape index (κ3) is 7.74. The quantitative estimate of drug-likeness (QED) is 0.276. The molecule has 0 unspecified atom stereocenters. The van der Waals surface area contributed by atoms with Gasteiger partial charge in [-0.2, -0.15) is 0 Å². The number of methoxy groups -OCH3 is 4. The molecule has 1 heterocycles. The number of nitrogens with zero attached hydrogens (tertiary/aromatic N) is 2. The number of rotatable bonds is 13. The molecule has 0 spiro atoms. The number of furan rings is 1.